The third-order valence-electron chi connectivity index (χ3n) is 3.23. The summed E-state index contributed by atoms with van der Waals surface area (Å²) in [4.78, 5) is 30.3. The molecular formula is C12H19N5O3. The van der Waals surface area contributed by atoms with Crippen molar-refractivity contribution in [3.63, 3.8) is 0 Å². The number of aromatic amines is 1. The number of nitrogens with two attached hydrogens (primary N) is 1. The van der Waals surface area contributed by atoms with E-state index in [4.69, 9.17) is 10.5 Å². The Labute approximate surface area is 115 Å². The van der Waals surface area contributed by atoms with E-state index in [-0.39, 0.29) is 6.04 Å². The number of rotatable bonds is 6. The van der Waals surface area contributed by atoms with Gasteiger partial charge < -0.3 is 15.0 Å². The fraction of sp³-hybridized carbons (Fsp3) is 0.583. The van der Waals surface area contributed by atoms with Crippen molar-refractivity contribution >= 4 is 11.2 Å². The van der Waals surface area contributed by atoms with Gasteiger partial charge in [0.15, 0.2) is 11.2 Å². The summed E-state index contributed by atoms with van der Waals surface area (Å²) in [5.41, 5.74) is 5.70. The molecule has 0 aromatic carbocycles. The molecule has 0 spiro atoms. The summed E-state index contributed by atoms with van der Waals surface area (Å²) in [6, 6.07) is -0.0637. The summed E-state index contributed by atoms with van der Waals surface area (Å²) in [5.74, 6) is 0. The number of aromatic nitrogens is 4. The number of hydrogen-bond donors (Lipinski definition) is 2. The molecule has 1 atom stereocenters. The van der Waals surface area contributed by atoms with E-state index >= 15 is 0 Å². The van der Waals surface area contributed by atoms with Crippen LogP contribution in [0.3, 0.4) is 0 Å². The first kappa shape index (κ1) is 14.5. The largest absolute Gasteiger partial charge is 0.383 e. The van der Waals surface area contributed by atoms with E-state index in [0.29, 0.717) is 30.9 Å². The number of hydrogen-bond acceptors (Lipinski definition) is 5. The molecule has 2 rings (SSSR count). The normalized spacial score (nSPS) is 12.9. The van der Waals surface area contributed by atoms with Crippen LogP contribution in [0.2, 0.25) is 0 Å². The number of H-pyrrole nitrogens is 1. The lowest BCUT2D eigenvalue weighted by molar-refractivity contribution is 0.187. The standard InChI is InChI=1S/C12H19N5O3/c1-3-8(13)6-16-7-14-10-9(16)11(18)15-12(19)17(10)4-5-20-2/h7-8H,3-6,13H2,1-2H3,(H,15,18,19). The lowest BCUT2D eigenvalue weighted by Gasteiger charge is -2.10. The number of ether oxygens (including phenoxy) is 1. The highest BCUT2D eigenvalue weighted by molar-refractivity contribution is 5.69. The van der Waals surface area contributed by atoms with Crippen LogP contribution in [0.15, 0.2) is 15.9 Å². The SMILES string of the molecule is CCC(N)Cn1cnc2c1c(=O)[nH]c(=O)n2CCOC. The molecule has 0 saturated carbocycles. The predicted molar refractivity (Wildman–Crippen MR) is 74.8 cm³/mol. The molecule has 0 bridgehead atoms. The van der Waals surface area contributed by atoms with Crippen LogP contribution in [0.4, 0.5) is 0 Å². The molecule has 0 saturated heterocycles. The first-order valence-corrected chi connectivity index (χ1v) is 6.51. The van der Waals surface area contributed by atoms with Crippen LogP contribution < -0.4 is 17.0 Å². The molecule has 1 unspecified atom stereocenters. The van der Waals surface area contributed by atoms with Crippen molar-refractivity contribution in [3.8, 4) is 0 Å². The van der Waals surface area contributed by atoms with Crippen LogP contribution >= 0.6 is 0 Å². The minimum atomic E-state index is -0.482. The van der Waals surface area contributed by atoms with Crippen LogP contribution in [-0.2, 0) is 17.8 Å². The molecule has 0 aliphatic heterocycles. The van der Waals surface area contributed by atoms with Crippen molar-refractivity contribution in [2.24, 2.45) is 5.73 Å². The third-order valence-corrected chi connectivity index (χ3v) is 3.23. The molecule has 3 N–H and O–H groups in total. The third kappa shape index (κ3) is 2.66. The van der Waals surface area contributed by atoms with Gasteiger partial charge in [0.05, 0.1) is 19.5 Å². The van der Waals surface area contributed by atoms with Crippen molar-refractivity contribution < 1.29 is 4.74 Å². The molecule has 2 aromatic heterocycles. The van der Waals surface area contributed by atoms with Crippen LogP contribution in [0.5, 0.6) is 0 Å². The number of fused-ring (bicyclic) bond motifs is 1. The first-order chi connectivity index (χ1) is 9.58. The highest BCUT2D eigenvalue weighted by Gasteiger charge is 2.14. The Bertz CT molecular complexity index is 699. The Kier molecular flexibility index (Phi) is 4.35. The highest BCUT2D eigenvalue weighted by Crippen LogP contribution is 2.07. The zero-order chi connectivity index (χ0) is 14.7. The number of nitrogens with one attached hydrogen (secondary N) is 1. The predicted octanol–water partition coefficient (Wildman–Crippen LogP) is -0.730. The van der Waals surface area contributed by atoms with Gasteiger partial charge in [0, 0.05) is 19.7 Å². The van der Waals surface area contributed by atoms with Crippen molar-refractivity contribution in [2.45, 2.75) is 32.5 Å². The van der Waals surface area contributed by atoms with Gasteiger partial charge >= 0.3 is 5.69 Å². The fourth-order valence-corrected chi connectivity index (χ4v) is 2.03. The lowest BCUT2D eigenvalue weighted by Crippen LogP contribution is -2.33. The number of methoxy groups -OCH3 is 1. The molecule has 20 heavy (non-hydrogen) atoms. The van der Waals surface area contributed by atoms with Gasteiger partial charge in [-0.05, 0) is 6.42 Å². The van der Waals surface area contributed by atoms with E-state index in [1.165, 1.54) is 10.9 Å². The molecule has 110 valence electrons. The fourth-order valence-electron chi connectivity index (χ4n) is 2.03. The summed E-state index contributed by atoms with van der Waals surface area (Å²) in [6.45, 7) is 3.16. The van der Waals surface area contributed by atoms with Crippen LogP contribution in [0.1, 0.15) is 13.3 Å². The van der Waals surface area contributed by atoms with Gasteiger partial charge in [-0.15, -0.1) is 0 Å². The van der Waals surface area contributed by atoms with Gasteiger partial charge in [-0.25, -0.2) is 9.78 Å². The second-order valence-corrected chi connectivity index (χ2v) is 4.64. The summed E-state index contributed by atoms with van der Waals surface area (Å²) in [5, 5.41) is 0. The monoisotopic (exact) mass is 281 g/mol. The first-order valence-electron chi connectivity index (χ1n) is 6.51. The zero-order valence-electron chi connectivity index (χ0n) is 11.6. The maximum absolute atomic E-state index is 12.0. The summed E-state index contributed by atoms with van der Waals surface area (Å²) >= 11 is 0. The minimum Gasteiger partial charge on any atom is -0.383 e. The van der Waals surface area contributed by atoms with Crippen LogP contribution in [0.25, 0.3) is 11.2 Å². The van der Waals surface area contributed by atoms with Crippen molar-refractivity contribution in [1.29, 1.82) is 0 Å². The van der Waals surface area contributed by atoms with E-state index in [1.807, 2.05) is 6.92 Å². The van der Waals surface area contributed by atoms with Crippen molar-refractivity contribution in [1.82, 2.24) is 19.1 Å². The van der Waals surface area contributed by atoms with E-state index in [0.717, 1.165) is 6.42 Å². The minimum absolute atomic E-state index is 0.0637. The van der Waals surface area contributed by atoms with Crippen molar-refractivity contribution in [2.75, 3.05) is 13.7 Å². The Balaban J connectivity index is 2.55. The molecule has 8 heteroatoms. The van der Waals surface area contributed by atoms with Gasteiger partial charge in [-0.2, -0.15) is 0 Å². The maximum atomic E-state index is 12.0. The van der Waals surface area contributed by atoms with E-state index in [2.05, 4.69) is 9.97 Å². The van der Waals surface area contributed by atoms with Gasteiger partial charge in [-0.3, -0.25) is 14.3 Å². The Morgan fingerprint density at radius 3 is 2.90 bits per heavy atom. The van der Waals surface area contributed by atoms with Gasteiger partial charge in [0.1, 0.15) is 0 Å². The summed E-state index contributed by atoms with van der Waals surface area (Å²) in [6.07, 6.45) is 2.33. The number of nitrogens with zero attached hydrogens (tertiary/aromatic N) is 3. The van der Waals surface area contributed by atoms with E-state index in [9.17, 15) is 9.59 Å². The zero-order valence-corrected chi connectivity index (χ0v) is 11.6. The Hall–Kier alpha value is -1.93. The van der Waals surface area contributed by atoms with E-state index in [1.54, 1.807) is 11.7 Å². The van der Waals surface area contributed by atoms with Gasteiger partial charge in [0.25, 0.3) is 5.56 Å². The van der Waals surface area contributed by atoms with Crippen LogP contribution in [-0.4, -0.2) is 38.9 Å². The number of imidazole rings is 1. The quantitative estimate of drug-likeness (QED) is 0.725. The Morgan fingerprint density at radius 1 is 1.50 bits per heavy atom. The summed E-state index contributed by atoms with van der Waals surface area (Å²) < 4.78 is 8.04. The van der Waals surface area contributed by atoms with E-state index < -0.39 is 11.2 Å². The van der Waals surface area contributed by atoms with Gasteiger partial charge in [-0.1, -0.05) is 6.92 Å². The molecule has 0 fully saturated rings. The smallest absolute Gasteiger partial charge is 0.330 e. The molecule has 0 aliphatic rings. The second kappa shape index (κ2) is 6.02. The molecular weight excluding hydrogens is 262 g/mol. The van der Waals surface area contributed by atoms with Gasteiger partial charge in [0.2, 0.25) is 0 Å². The lowest BCUT2D eigenvalue weighted by atomic mass is 10.2. The molecule has 2 heterocycles. The topological polar surface area (TPSA) is 108 Å². The summed E-state index contributed by atoms with van der Waals surface area (Å²) in [7, 11) is 1.55. The molecule has 8 nitrogen and oxygen atoms in total. The average Bonchev–Trinajstić information content (AvgIpc) is 2.82. The van der Waals surface area contributed by atoms with Crippen molar-refractivity contribution in [3.05, 3.63) is 27.2 Å². The molecule has 0 amide bonds. The Morgan fingerprint density at radius 2 is 2.25 bits per heavy atom. The highest BCUT2D eigenvalue weighted by atomic mass is 16.5. The van der Waals surface area contributed by atoms with Crippen LogP contribution in [0, 0.1) is 0 Å². The molecule has 2 aromatic rings. The average molecular weight is 281 g/mol. The second-order valence-electron chi connectivity index (χ2n) is 4.64. The molecule has 0 radical (unpaired) electrons. The molecule has 0 aliphatic carbocycles. The maximum Gasteiger partial charge on any atom is 0.330 e.